The SMILES string of the molecule is Cc1ccc(N)c(Nc2ccc(F)cc2F)n1. The van der Waals surface area contributed by atoms with Crippen LogP contribution in [0, 0.1) is 18.6 Å². The number of nitrogens with one attached hydrogen (secondary N) is 1. The third-order valence-corrected chi connectivity index (χ3v) is 2.25. The summed E-state index contributed by atoms with van der Waals surface area (Å²) in [4.78, 5) is 4.14. The summed E-state index contributed by atoms with van der Waals surface area (Å²) in [6.07, 6.45) is 0. The molecule has 0 atom stereocenters. The molecule has 17 heavy (non-hydrogen) atoms. The molecule has 0 unspecified atom stereocenters. The van der Waals surface area contributed by atoms with Crippen molar-refractivity contribution in [2.75, 3.05) is 11.1 Å². The van der Waals surface area contributed by atoms with Crippen LogP contribution in [-0.2, 0) is 0 Å². The number of halogens is 2. The van der Waals surface area contributed by atoms with Crippen LogP contribution in [0.5, 0.6) is 0 Å². The minimum absolute atomic E-state index is 0.135. The highest BCUT2D eigenvalue weighted by atomic mass is 19.1. The van der Waals surface area contributed by atoms with E-state index in [0.717, 1.165) is 17.8 Å². The Morgan fingerprint density at radius 2 is 1.94 bits per heavy atom. The zero-order valence-corrected chi connectivity index (χ0v) is 9.17. The number of aryl methyl sites for hydroxylation is 1. The third-order valence-electron chi connectivity index (χ3n) is 2.25. The Morgan fingerprint density at radius 1 is 1.18 bits per heavy atom. The van der Waals surface area contributed by atoms with E-state index in [2.05, 4.69) is 10.3 Å². The number of hydrogen-bond donors (Lipinski definition) is 2. The van der Waals surface area contributed by atoms with Gasteiger partial charge in [0.25, 0.3) is 0 Å². The molecule has 0 saturated heterocycles. The number of anilines is 3. The summed E-state index contributed by atoms with van der Waals surface area (Å²) in [5.74, 6) is -0.957. The second-order valence-electron chi connectivity index (χ2n) is 3.64. The molecule has 0 radical (unpaired) electrons. The lowest BCUT2D eigenvalue weighted by Gasteiger charge is -2.09. The zero-order valence-electron chi connectivity index (χ0n) is 9.17. The minimum atomic E-state index is -0.687. The molecule has 0 bridgehead atoms. The van der Waals surface area contributed by atoms with Crippen molar-refractivity contribution in [1.29, 1.82) is 0 Å². The first-order chi connectivity index (χ1) is 8.06. The second-order valence-corrected chi connectivity index (χ2v) is 3.64. The molecule has 0 saturated carbocycles. The maximum absolute atomic E-state index is 13.4. The van der Waals surface area contributed by atoms with Gasteiger partial charge in [-0.25, -0.2) is 13.8 Å². The Hall–Kier alpha value is -2.17. The molecular weight excluding hydrogens is 224 g/mol. The van der Waals surface area contributed by atoms with Crippen LogP contribution >= 0.6 is 0 Å². The summed E-state index contributed by atoms with van der Waals surface area (Å²) in [5.41, 5.74) is 6.99. The summed E-state index contributed by atoms with van der Waals surface area (Å²) >= 11 is 0. The van der Waals surface area contributed by atoms with Crippen molar-refractivity contribution in [3.63, 3.8) is 0 Å². The molecule has 0 amide bonds. The monoisotopic (exact) mass is 235 g/mol. The van der Waals surface area contributed by atoms with E-state index in [1.807, 2.05) is 0 Å². The summed E-state index contributed by atoms with van der Waals surface area (Å²) in [6, 6.07) is 6.69. The molecule has 0 fully saturated rings. The van der Waals surface area contributed by atoms with E-state index in [1.165, 1.54) is 6.07 Å². The van der Waals surface area contributed by atoms with Crippen LogP contribution < -0.4 is 11.1 Å². The van der Waals surface area contributed by atoms with Crippen molar-refractivity contribution in [3.8, 4) is 0 Å². The van der Waals surface area contributed by atoms with Crippen molar-refractivity contribution in [2.24, 2.45) is 0 Å². The average Bonchev–Trinajstić information content (AvgIpc) is 2.27. The average molecular weight is 235 g/mol. The Bertz CT molecular complexity index is 555. The highest BCUT2D eigenvalue weighted by molar-refractivity contribution is 5.68. The highest BCUT2D eigenvalue weighted by Gasteiger charge is 2.07. The molecule has 1 aromatic heterocycles. The molecule has 1 heterocycles. The van der Waals surface area contributed by atoms with E-state index in [0.29, 0.717) is 11.5 Å². The van der Waals surface area contributed by atoms with Crippen molar-refractivity contribution < 1.29 is 8.78 Å². The number of hydrogen-bond acceptors (Lipinski definition) is 3. The van der Waals surface area contributed by atoms with Gasteiger partial charge in [0.15, 0.2) is 5.82 Å². The Balaban J connectivity index is 2.34. The maximum Gasteiger partial charge on any atom is 0.153 e. The smallest absolute Gasteiger partial charge is 0.153 e. The lowest BCUT2D eigenvalue weighted by atomic mass is 10.2. The summed E-state index contributed by atoms with van der Waals surface area (Å²) in [5, 5.41) is 2.73. The number of nitrogens with zero attached hydrogens (tertiary/aromatic N) is 1. The molecule has 3 N–H and O–H groups in total. The number of benzene rings is 1. The molecule has 0 aliphatic rings. The molecule has 0 aliphatic heterocycles. The van der Waals surface area contributed by atoms with E-state index < -0.39 is 11.6 Å². The predicted molar refractivity (Wildman–Crippen MR) is 63.0 cm³/mol. The molecule has 88 valence electrons. The lowest BCUT2D eigenvalue weighted by molar-refractivity contribution is 0.586. The van der Waals surface area contributed by atoms with Crippen LogP contribution in [0.25, 0.3) is 0 Å². The maximum atomic E-state index is 13.4. The number of nitrogen functional groups attached to an aromatic ring is 1. The van der Waals surface area contributed by atoms with Crippen LogP contribution in [0.4, 0.5) is 26.0 Å². The van der Waals surface area contributed by atoms with E-state index in [4.69, 9.17) is 5.73 Å². The van der Waals surface area contributed by atoms with Crippen molar-refractivity contribution in [2.45, 2.75) is 6.92 Å². The van der Waals surface area contributed by atoms with Gasteiger partial charge < -0.3 is 11.1 Å². The molecule has 2 rings (SSSR count). The standard InChI is InChI=1S/C12H11F2N3/c1-7-2-4-10(15)12(16-7)17-11-5-3-8(13)6-9(11)14/h2-6H,15H2,1H3,(H,16,17). The van der Waals surface area contributed by atoms with Gasteiger partial charge in [0.1, 0.15) is 11.6 Å². The Labute approximate surface area is 97.3 Å². The zero-order chi connectivity index (χ0) is 12.4. The van der Waals surface area contributed by atoms with Gasteiger partial charge in [0, 0.05) is 11.8 Å². The van der Waals surface area contributed by atoms with Gasteiger partial charge in [-0.15, -0.1) is 0 Å². The predicted octanol–water partition coefficient (Wildman–Crippen LogP) is 2.99. The van der Waals surface area contributed by atoms with Crippen molar-refractivity contribution >= 4 is 17.2 Å². The number of pyridine rings is 1. The van der Waals surface area contributed by atoms with E-state index >= 15 is 0 Å². The number of nitrogens with two attached hydrogens (primary N) is 1. The number of aromatic nitrogens is 1. The number of rotatable bonds is 2. The van der Waals surface area contributed by atoms with E-state index in [-0.39, 0.29) is 5.69 Å². The quantitative estimate of drug-likeness (QED) is 0.841. The van der Waals surface area contributed by atoms with Gasteiger partial charge in [-0.05, 0) is 31.2 Å². The van der Waals surface area contributed by atoms with Gasteiger partial charge >= 0.3 is 0 Å². The fourth-order valence-corrected chi connectivity index (χ4v) is 1.39. The van der Waals surface area contributed by atoms with Crippen LogP contribution in [0.3, 0.4) is 0 Å². The first-order valence-corrected chi connectivity index (χ1v) is 5.01. The van der Waals surface area contributed by atoms with Crippen molar-refractivity contribution in [3.05, 3.63) is 47.7 Å². The van der Waals surface area contributed by atoms with Gasteiger partial charge in [0.05, 0.1) is 11.4 Å². The minimum Gasteiger partial charge on any atom is -0.396 e. The summed E-state index contributed by atoms with van der Waals surface area (Å²) in [7, 11) is 0. The Morgan fingerprint density at radius 3 is 2.65 bits per heavy atom. The van der Waals surface area contributed by atoms with E-state index in [1.54, 1.807) is 19.1 Å². The molecule has 0 spiro atoms. The largest absolute Gasteiger partial charge is 0.396 e. The third kappa shape index (κ3) is 2.50. The molecule has 0 aliphatic carbocycles. The summed E-state index contributed by atoms with van der Waals surface area (Å²) in [6.45, 7) is 1.80. The first kappa shape index (κ1) is 11.3. The molecule has 1 aromatic carbocycles. The fraction of sp³-hybridized carbons (Fsp3) is 0.0833. The van der Waals surface area contributed by atoms with Gasteiger partial charge in [-0.2, -0.15) is 0 Å². The Kier molecular flexibility index (Phi) is 2.91. The molecule has 3 nitrogen and oxygen atoms in total. The van der Waals surface area contributed by atoms with Crippen LogP contribution in [0.2, 0.25) is 0 Å². The normalized spacial score (nSPS) is 10.3. The van der Waals surface area contributed by atoms with Gasteiger partial charge in [-0.3, -0.25) is 0 Å². The van der Waals surface area contributed by atoms with Gasteiger partial charge in [-0.1, -0.05) is 0 Å². The first-order valence-electron chi connectivity index (χ1n) is 5.01. The lowest BCUT2D eigenvalue weighted by Crippen LogP contribution is -2.01. The van der Waals surface area contributed by atoms with Gasteiger partial charge in [0.2, 0.25) is 0 Å². The molecule has 2 aromatic rings. The van der Waals surface area contributed by atoms with Crippen LogP contribution in [0.1, 0.15) is 5.69 Å². The van der Waals surface area contributed by atoms with Crippen molar-refractivity contribution in [1.82, 2.24) is 4.98 Å². The van der Waals surface area contributed by atoms with Crippen LogP contribution in [-0.4, -0.2) is 4.98 Å². The molecule has 5 heteroatoms. The van der Waals surface area contributed by atoms with E-state index in [9.17, 15) is 8.78 Å². The fourth-order valence-electron chi connectivity index (χ4n) is 1.39. The second kappa shape index (κ2) is 4.37. The van der Waals surface area contributed by atoms with Crippen LogP contribution in [0.15, 0.2) is 30.3 Å². The summed E-state index contributed by atoms with van der Waals surface area (Å²) < 4.78 is 26.1. The highest BCUT2D eigenvalue weighted by Crippen LogP contribution is 2.23. The molecular formula is C12H11F2N3. The topological polar surface area (TPSA) is 50.9 Å².